The van der Waals surface area contributed by atoms with Gasteiger partial charge in [-0.2, -0.15) is 0 Å². The minimum absolute atomic E-state index is 0.192. The molecule has 0 spiro atoms. The van der Waals surface area contributed by atoms with Crippen molar-refractivity contribution in [3.63, 3.8) is 0 Å². The maximum Gasteiger partial charge on any atom is 0.224 e. The third kappa shape index (κ3) is 6.27. The number of aromatic nitrogens is 1. The lowest BCUT2D eigenvalue weighted by Gasteiger charge is -2.42. The first kappa shape index (κ1) is 21.8. The van der Waals surface area contributed by atoms with Gasteiger partial charge >= 0.3 is 0 Å². The molecule has 0 aromatic carbocycles. The highest BCUT2D eigenvalue weighted by atomic mass is 16.2. The van der Waals surface area contributed by atoms with Crippen LogP contribution in [0.3, 0.4) is 0 Å². The lowest BCUT2D eigenvalue weighted by Crippen LogP contribution is -2.51. The molecular formula is C25H40N4O. The van der Waals surface area contributed by atoms with Crippen molar-refractivity contribution in [3.8, 4) is 0 Å². The van der Waals surface area contributed by atoms with E-state index in [1.165, 1.54) is 76.3 Å². The molecule has 0 radical (unpaired) electrons. The van der Waals surface area contributed by atoms with Crippen molar-refractivity contribution in [2.45, 2.75) is 89.3 Å². The van der Waals surface area contributed by atoms with E-state index in [1.54, 1.807) is 0 Å². The highest BCUT2D eigenvalue weighted by Gasteiger charge is 2.32. The SMILES string of the molecule is O=C(NC1CCCCCCC1)[C@H]1CCCN(C2CCN(Cc3cccnc3)CC2)C1. The normalized spacial score (nSPS) is 26.1. The number of nitrogens with one attached hydrogen (secondary N) is 1. The molecule has 2 aliphatic heterocycles. The molecule has 1 aliphatic carbocycles. The van der Waals surface area contributed by atoms with Crippen LogP contribution in [0.5, 0.6) is 0 Å². The number of amides is 1. The van der Waals surface area contributed by atoms with E-state index in [0.717, 1.165) is 32.6 Å². The average molecular weight is 413 g/mol. The molecule has 4 rings (SSSR count). The van der Waals surface area contributed by atoms with E-state index in [4.69, 9.17) is 0 Å². The van der Waals surface area contributed by atoms with Crippen molar-refractivity contribution in [3.05, 3.63) is 30.1 Å². The van der Waals surface area contributed by atoms with Crippen molar-refractivity contribution < 1.29 is 4.79 Å². The fourth-order valence-corrected chi connectivity index (χ4v) is 5.66. The summed E-state index contributed by atoms with van der Waals surface area (Å²) in [5.41, 5.74) is 1.31. The zero-order valence-electron chi connectivity index (χ0n) is 18.6. The molecule has 3 fully saturated rings. The minimum atomic E-state index is 0.192. The number of nitrogens with zero attached hydrogens (tertiary/aromatic N) is 3. The summed E-state index contributed by atoms with van der Waals surface area (Å²) in [6.07, 6.45) is 17.5. The Kier molecular flexibility index (Phi) is 8.15. The van der Waals surface area contributed by atoms with Gasteiger partial charge in [-0.15, -0.1) is 0 Å². The van der Waals surface area contributed by atoms with Crippen molar-refractivity contribution >= 4 is 5.91 Å². The van der Waals surface area contributed by atoms with Crippen molar-refractivity contribution in [1.29, 1.82) is 0 Å². The fourth-order valence-electron chi connectivity index (χ4n) is 5.66. The summed E-state index contributed by atoms with van der Waals surface area (Å²) >= 11 is 0. The van der Waals surface area contributed by atoms with Gasteiger partial charge in [0.15, 0.2) is 0 Å². The summed E-state index contributed by atoms with van der Waals surface area (Å²) < 4.78 is 0. The summed E-state index contributed by atoms with van der Waals surface area (Å²) in [6.45, 7) is 5.43. The van der Waals surface area contributed by atoms with Gasteiger partial charge in [-0.25, -0.2) is 0 Å². The first-order chi connectivity index (χ1) is 14.8. The zero-order valence-corrected chi connectivity index (χ0v) is 18.6. The highest BCUT2D eigenvalue weighted by Crippen LogP contribution is 2.25. The molecular weight excluding hydrogens is 372 g/mol. The van der Waals surface area contributed by atoms with Crippen LogP contribution in [-0.4, -0.2) is 59.0 Å². The van der Waals surface area contributed by atoms with Gasteiger partial charge in [0, 0.05) is 37.6 Å². The molecule has 30 heavy (non-hydrogen) atoms. The number of carbonyl (C=O) groups excluding carboxylic acids is 1. The average Bonchev–Trinajstić information content (AvgIpc) is 2.77. The van der Waals surface area contributed by atoms with E-state index in [0.29, 0.717) is 18.0 Å². The number of rotatable bonds is 5. The Balaban J connectivity index is 1.22. The Morgan fingerprint density at radius 3 is 2.47 bits per heavy atom. The second-order valence-electron chi connectivity index (χ2n) is 9.75. The molecule has 1 aromatic rings. The predicted molar refractivity (Wildman–Crippen MR) is 121 cm³/mol. The molecule has 0 unspecified atom stereocenters. The lowest BCUT2D eigenvalue weighted by atomic mass is 9.92. The summed E-state index contributed by atoms with van der Waals surface area (Å²) in [7, 11) is 0. The smallest absolute Gasteiger partial charge is 0.224 e. The topological polar surface area (TPSA) is 48.5 Å². The van der Waals surface area contributed by atoms with E-state index in [9.17, 15) is 4.79 Å². The van der Waals surface area contributed by atoms with Crippen molar-refractivity contribution in [2.75, 3.05) is 26.2 Å². The maximum absolute atomic E-state index is 13.0. The maximum atomic E-state index is 13.0. The van der Waals surface area contributed by atoms with Gasteiger partial charge in [0.25, 0.3) is 0 Å². The molecule has 166 valence electrons. The van der Waals surface area contributed by atoms with Crippen LogP contribution in [0.1, 0.15) is 76.2 Å². The van der Waals surface area contributed by atoms with Crippen LogP contribution in [0.2, 0.25) is 0 Å². The third-order valence-electron chi connectivity index (χ3n) is 7.48. The van der Waals surface area contributed by atoms with E-state index in [2.05, 4.69) is 26.2 Å². The van der Waals surface area contributed by atoms with Crippen molar-refractivity contribution in [2.24, 2.45) is 5.92 Å². The standard InChI is InChI=1S/C25H40N4O/c30-25(27-23-10-4-2-1-3-5-11-23)22-9-7-15-29(20-22)24-12-16-28(17-13-24)19-21-8-6-14-26-18-21/h6,8,14,18,22-24H,1-5,7,9-13,15-17,19-20H2,(H,27,30)/t22-/m0/s1. The number of hydrogen-bond donors (Lipinski definition) is 1. The zero-order chi connectivity index (χ0) is 20.6. The van der Waals surface area contributed by atoms with Gasteiger partial charge in [-0.3, -0.25) is 19.6 Å². The van der Waals surface area contributed by atoms with Gasteiger partial charge in [0.1, 0.15) is 0 Å². The molecule has 5 heteroatoms. The van der Waals surface area contributed by atoms with Crippen LogP contribution in [0.4, 0.5) is 0 Å². The van der Waals surface area contributed by atoms with Crippen molar-refractivity contribution in [1.82, 2.24) is 20.1 Å². The van der Waals surface area contributed by atoms with Crippen LogP contribution < -0.4 is 5.32 Å². The summed E-state index contributed by atoms with van der Waals surface area (Å²) in [5.74, 6) is 0.525. The molecule has 3 aliphatic rings. The predicted octanol–water partition coefficient (Wildman–Crippen LogP) is 3.99. The Morgan fingerprint density at radius 1 is 0.967 bits per heavy atom. The van der Waals surface area contributed by atoms with Crippen LogP contribution in [-0.2, 0) is 11.3 Å². The van der Waals surface area contributed by atoms with Gasteiger partial charge in [-0.05, 0) is 69.8 Å². The Bertz CT molecular complexity index is 636. The van der Waals surface area contributed by atoms with Gasteiger partial charge in [0.2, 0.25) is 5.91 Å². The number of piperidine rings is 2. The van der Waals surface area contributed by atoms with E-state index in [1.807, 2.05) is 18.5 Å². The Labute approximate surface area is 182 Å². The fraction of sp³-hybridized carbons (Fsp3) is 0.760. The van der Waals surface area contributed by atoms with E-state index >= 15 is 0 Å². The van der Waals surface area contributed by atoms with Gasteiger partial charge in [0.05, 0.1) is 5.92 Å². The summed E-state index contributed by atoms with van der Waals surface area (Å²) in [5, 5.41) is 3.43. The number of hydrogen-bond acceptors (Lipinski definition) is 4. The molecule has 1 aromatic heterocycles. The molecule has 1 saturated carbocycles. The first-order valence-corrected chi connectivity index (χ1v) is 12.4. The third-order valence-corrected chi connectivity index (χ3v) is 7.48. The lowest BCUT2D eigenvalue weighted by molar-refractivity contribution is -0.128. The molecule has 5 nitrogen and oxygen atoms in total. The van der Waals surface area contributed by atoms with E-state index < -0.39 is 0 Å². The van der Waals surface area contributed by atoms with Gasteiger partial charge in [-0.1, -0.05) is 38.2 Å². The largest absolute Gasteiger partial charge is 0.353 e. The Morgan fingerprint density at radius 2 is 1.73 bits per heavy atom. The van der Waals surface area contributed by atoms with Crippen LogP contribution in [0.25, 0.3) is 0 Å². The van der Waals surface area contributed by atoms with Crippen LogP contribution in [0.15, 0.2) is 24.5 Å². The highest BCUT2D eigenvalue weighted by molar-refractivity contribution is 5.79. The second kappa shape index (κ2) is 11.2. The Hall–Kier alpha value is -1.46. The van der Waals surface area contributed by atoms with Crippen LogP contribution in [0, 0.1) is 5.92 Å². The molecule has 0 bridgehead atoms. The summed E-state index contributed by atoms with van der Waals surface area (Å²) in [6, 6.07) is 5.26. The van der Waals surface area contributed by atoms with E-state index in [-0.39, 0.29) is 5.92 Å². The molecule has 2 saturated heterocycles. The quantitative estimate of drug-likeness (QED) is 0.794. The molecule has 1 amide bonds. The summed E-state index contributed by atoms with van der Waals surface area (Å²) in [4.78, 5) is 22.4. The molecule has 1 N–H and O–H groups in total. The first-order valence-electron chi connectivity index (χ1n) is 12.4. The second-order valence-corrected chi connectivity index (χ2v) is 9.75. The monoisotopic (exact) mass is 412 g/mol. The minimum Gasteiger partial charge on any atom is -0.353 e. The van der Waals surface area contributed by atoms with Gasteiger partial charge < -0.3 is 5.32 Å². The molecule has 1 atom stereocenters. The number of carbonyl (C=O) groups is 1. The molecule has 3 heterocycles. The number of likely N-dealkylation sites (tertiary alicyclic amines) is 2. The number of pyridine rings is 1. The van der Waals surface area contributed by atoms with Crippen LogP contribution >= 0.6 is 0 Å².